The minimum atomic E-state index is -1.01. The van der Waals surface area contributed by atoms with Crippen LogP contribution in [-0.4, -0.2) is 94.6 Å². The molecule has 6 aromatic carbocycles. The second-order valence-corrected chi connectivity index (χ2v) is 14.4. The number of anilines is 2. The van der Waals surface area contributed by atoms with Gasteiger partial charge in [0.2, 0.25) is 0 Å². The maximum absolute atomic E-state index is 12.2. The van der Waals surface area contributed by atoms with E-state index in [1.165, 1.54) is 25.3 Å². The molecule has 6 aromatic rings. The lowest BCUT2D eigenvalue weighted by Gasteiger charge is -2.10. The number of carbonyl (C=O) groups excluding carboxylic acids is 3. The highest BCUT2D eigenvalue weighted by molar-refractivity contribution is 6.06. The van der Waals surface area contributed by atoms with E-state index in [4.69, 9.17) is 34.3 Å². The number of ether oxygens (including phenoxy) is 4. The zero-order valence-corrected chi connectivity index (χ0v) is 37.3. The molecule has 0 heterocycles. The van der Waals surface area contributed by atoms with Crippen molar-refractivity contribution in [3.8, 4) is 34.5 Å². The molecule has 18 heteroatoms. The Balaban J connectivity index is 0.000000226. The molecule has 0 aliphatic heterocycles. The zero-order chi connectivity index (χ0) is 50.0. The molecule has 0 fully saturated rings. The first-order chi connectivity index (χ1) is 33.2. The molecule has 69 heavy (non-hydrogen) atoms. The van der Waals surface area contributed by atoms with E-state index in [2.05, 4.69) is 16.0 Å². The van der Waals surface area contributed by atoms with E-state index in [0.717, 1.165) is 18.4 Å². The van der Waals surface area contributed by atoms with Gasteiger partial charge >= 0.3 is 17.9 Å². The van der Waals surface area contributed by atoms with Crippen LogP contribution in [0.3, 0.4) is 0 Å². The topological polar surface area (TPSA) is 277 Å². The average Bonchev–Trinajstić information content (AvgIpc) is 3.34. The summed E-state index contributed by atoms with van der Waals surface area (Å²) in [5.41, 5.74) is 3.10. The van der Waals surface area contributed by atoms with Crippen LogP contribution >= 0.6 is 0 Å². The van der Waals surface area contributed by atoms with Gasteiger partial charge in [-0.1, -0.05) is 48.5 Å². The fourth-order valence-electron chi connectivity index (χ4n) is 5.83. The number of hydrogen-bond acceptors (Lipinski definition) is 12. The first-order valence-electron chi connectivity index (χ1n) is 21.1. The number of hydrogen-bond donors (Lipinski definition) is 8. The number of carboxylic acid groups (broad SMARTS) is 3. The Morgan fingerprint density at radius 2 is 0.899 bits per heavy atom. The number of amides is 3. The molecule has 3 amide bonds. The summed E-state index contributed by atoms with van der Waals surface area (Å²) >= 11 is 0. The van der Waals surface area contributed by atoms with Gasteiger partial charge in [-0.25, -0.2) is 4.79 Å². The van der Waals surface area contributed by atoms with Crippen LogP contribution < -0.4 is 34.9 Å². The first kappa shape index (κ1) is 52.6. The molecule has 8 N–H and O–H groups in total. The zero-order valence-electron chi connectivity index (χ0n) is 37.3. The third-order valence-electron chi connectivity index (χ3n) is 9.26. The summed E-state index contributed by atoms with van der Waals surface area (Å²) in [6.07, 6.45) is 1.37. The van der Waals surface area contributed by atoms with E-state index in [1.54, 1.807) is 115 Å². The molecule has 0 saturated heterocycles. The normalized spacial score (nSPS) is 10.0. The monoisotopic (exact) mass is 945 g/mol. The molecule has 360 valence electrons. The van der Waals surface area contributed by atoms with Gasteiger partial charge in [-0.15, -0.1) is 0 Å². The Kier molecular flexibility index (Phi) is 21.4. The quantitative estimate of drug-likeness (QED) is 0.0324. The van der Waals surface area contributed by atoms with Crippen molar-refractivity contribution in [3.05, 3.63) is 168 Å². The molecular formula is C51H51N3O15. The summed E-state index contributed by atoms with van der Waals surface area (Å²) in [6, 6.07) is 40.0. The third-order valence-corrected chi connectivity index (χ3v) is 9.26. The van der Waals surface area contributed by atoms with Crippen LogP contribution in [0.5, 0.6) is 34.5 Å². The van der Waals surface area contributed by atoms with Crippen LogP contribution in [0.4, 0.5) is 11.4 Å². The Labute approximate surface area is 396 Å². The average molecular weight is 946 g/mol. The number of rotatable bonds is 21. The van der Waals surface area contributed by atoms with Crippen molar-refractivity contribution in [2.24, 2.45) is 0 Å². The predicted octanol–water partition coefficient (Wildman–Crippen LogP) is 7.52. The van der Waals surface area contributed by atoms with Crippen molar-refractivity contribution in [1.29, 1.82) is 0 Å². The Morgan fingerprint density at radius 3 is 1.36 bits per heavy atom. The highest BCUT2D eigenvalue weighted by atomic mass is 16.5. The molecule has 0 unspecified atom stereocenters. The highest BCUT2D eigenvalue weighted by Gasteiger charge is 2.13. The number of para-hydroxylation sites is 3. The molecule has 6 rings (SSSR count). The molecule has 18 nitrogen and oxygen atoms in total. The molecule has 0 saturated carbocycles. The number of benzene rings is 6. The lowest BCUT2D eigenvalue weighted by atomic mass is 10.1. The number of aliphatic carboxylic acids is 3. The molecule has 0 aliphatic rings. The Hall–Kier alpha value is -9.06. The summed E-state index contributed by atoms with van der Waals surface area (Å²) in [7, 11) is 1.51. The Bertz CT molecular complexity index is 2620. The molecule has 0 aromatic heterocycles. The fourth-order valence-corrected chi connectivity index (χ4v) is 5.83. The number of methoxy groups -OCH3 is 1. The van der Waals surface area contributed by atoms with Crippen LogP contribution in [-0.2, 0) is 20.8 Å². The number of aromatic hydroxyl groups is 2. The summed E-state index contributed by atoms with van der Waals surface area (Å²) in [5.74, 6) is -1.90. The molecular weight excluding hydrogens is 895 g/mol. The molecule has 0 radical (unpaired) electrons. The van der Waals surface area contributed by atoms with Gasteiger partial charge in [-0.3, -0.25) is 24.0 Å². The highest BCUT2D eigenvalue weighted by Crippen LogP contribution is 2.23. The van der Waals surface area contributed by atoms with Gasteiger partial charge < -0.3 is 60.4 Å². The molecule has 0 spiro atoms. The minimum Gasteiger partial charge on any atom is -0.507 e. The molecule has 0 atom stereocenters. The number of carbonyl (C=O) groups is 6. The van der Waals surface area contributed by atoms with Gasteiger partial charge in [-0.2, -0.15) is 0 Å². The summed E-state index contributed by atoms with van der Waals surface area (Å²) in [5, 5.41) is 53.0. The van der Waals surface area contributed by atoms with Gasteiger partial charge in [-0.05, 0) is 115 Å². The van der Waals surface area contributed by atoms with Crippen LogP contribution in [0.15, 0.2) is 146 Å². The van der Waals surface area contributed by atoms with E-state index >= 15 is 0 Å². The van der Waals surface area contributed by atoms with Crippen molar-refractivity contribution < 1.29 is 73.2 Å². The SMILES string of the molecule is COc1ccccc1C(=O)Nc1ccc(OCCC(=O)O)cc1.O=C(O)CCOc1ccc(NC(=O)c2ccccc2O)cc1.O=C(O)COc1ccc(CCCNC(=O)c2ccccc2O)cc1. The maximum Gasteiger partial charge on any atom is 0.341 e. The van der Waals surface area contributed by atoms with Gasteiger partial charge in [0.05, 0.1) is 49.9 Å². The number of phenolic OH excluding ortho intramolecular Hbond substituents is 2. The lowest BCUT2D eigenvalue weighted by Crippen LogP contribution is -2.24. The number of aryl methyl sites for hydroxylation is 1. The van der Waals surface area contributed by atoms with Crippen LogP contribution in [0, 0.1) is 0 Å². The second-order valence-electron chi connectivity index (χ2n) is 14.4. The number of phenols is 2. The summed E-state index contributed by atoms with van der Waals surface area (Å²) in [6.45, 7) is 0.309. The van der Waals surface area contributed by atoms with Gasteiger partial charge in [0.1, 0.15) is 34.5 Å². The largest absolute Gasteiger partial charge is 0.507 e. The summed E-state index contributed by atoms with van der Waals surface area (Å²) in [4.78, 5) is 67.4. The fraction of sp³-hybridized carbons (Fsp3) is 0.176. The first-order valence-corrected chi connectivity index (χ1v) is 21.1. The van der Waals surface area contributed by atoms with E-state index in [0.29, 0.717) is 46.5 Å². The lowest BCUT2D eigenvalue weighted by molar-refractivity contribution is -0.139. The molecule has 0 aliphatic carbocycles. The van der Waals surface area contributed by atoms with Crippen molar-refractivity contribution in [3.63, 3.8) is 0 Å². The predicted molar refractivity (Wildman–Crippen MR) is 254 cm³/mol. The van der Waals surface area contributed by atoms with Gasteiger partial charge in [0.15, 0.2) is 6.61 Å². The van der Waals surface area contributed by atoms with E-state index in [9.17, 15) is 39.0 Å². The van der Waals surface area contributed by atoms with E-state index in [-0.39, 0.29) is 67.1 Å². The molecule has 0 bridgehead atoms. The minimum absolute atomic E-state index is 0.0352. The van der Waals surface area contributed by atoms with Crippen LogP contribution in [0.25, 0.3) is 0 Å². The number of carboxylic acids is 3. The van der Waals surface area contributed by atoms with Crippen molar-refractivity contribution in [2.45, 2.75) is 25.7 Å². The third kappa shape index (κ3) is 19.1. The smallest absolute Gasteiger partial charge is 0.341 e. The van der Waals surface area contributed by atoms with E-state index in [1.807, 2.05) is 12.1 Å². The van der Waals surface area contributed by atoms with Crippen molar-refractivity contribution >= 4 is 47.0 Å². The van der Waals surface area contributed by atoms with E-state index < -0.39 is 23.8 Å². The number of nitrogens with one attached hydrogen (secondary N) is 3. The van der Waals surface area contributed by atoms with Crippen molar-refractivity contribution in [2.75, 3.05) is 44.1 Å². The summed E-state index contributed by atoms with van der Waals surface area (Å²) < 4.78 is 20.7. The van der Waals surface area contributed by atoms with Crippen LogP contribution in [0.2, 0.25) is 0 Å². The van der Waals surface area contributed by atoms with Gasteiger partial charge in [0, 0.05) is 17.9 Å². The maximum atomic E-state index is 12.2. The standard InChI is InChI=1S/C18H19NO5.C17H17NO5.C16H15NO5/c20-16-6-2-1-5-15(16)18(23)19-11-3-4-13-7-9-14(10-8-13)24-12-17(21)22;1-22-15-5-3-2-4-14(15)17(21)18-12-6-8-13(9-7-12)23-11-10-16(19)20;18-14-4-2-1-3-13(14)16(21)17-11-5-7-12(8-6-11)22-10-9-15(19)20/h1-2,5-10,20H,3-4,11-12H2,(H,19,23)(H,21,22);2-9H,10-11H2,1H3,(H,18,21)(H,19,20);1-8,18H,9-10H2,(H,17,21)(H,19,20). The van der Waals surface area contributed by atoms with Crippen LogP contribution in [0.1, 0.15) is 55.9 Å². The Morgan fingerprint density at radius 1 is 0.478 bits per heavy atom. The van der Waals surface area contributed by atoms with Gasteiger partial charge in [0.25, 0.3) is 17.7 Å². The second kappa shape index (κ2) is 28.1. The van der Waals surface area contributed by atoms with Crippen molar-refractivity contribution in [1.82, 2.24) is 5.32 Å².